The average Bonchev–Trinajstić information content (AvgIpc) is 3.71. The average molecular weight is 703 g/mol. The van der Waals surface area contributed by atoms with Crippen LogP contribution in [-0.4, -0.2) is 19.9 Å². The van der Waals surface area contributed by atoms with Gasteiger partial charge in [0.15, 0.2) is 23.1 Å². The molecule has 0 bridgehead atoms. The van der Waals surface area contributed by atoms with E-state index < -0.39 is 0 Å². The lowest BCUT2D eigenvalue weighted by atomic mass is 9.92. The summed E-state index contributed by atoms with van der Waals surface area (Å²) in [4.78, 5) is 20.5. The normalized spacial score (nSPS) is 11.6. The first-order chi connectivity index (χ1) is 27.2. The fourth-order valence-corrected chi connectivity index (χ4v) is 7.82. The van der Waals surface area contributed by atoms with Gasteiger partial charge in [0.2, 0.25) is 5.89 Å². The van der Waals surface area contributed by atoms with Gasteiger partial charge in [-0.3, -0.25) is 0 Å². The molecule has 0 fully saturated rings. The SMILES string of the molecule is c1ccc(-c2nc(-c3cccc(-c4ccc5ccccc5c4)c3)nc(-c3cc4ccccc4c4c3ccc3ccc5nc(-c6ccccc6)oc5c34)n2)cc1. The van der Waals surface area contributed by atoms with E-state index in [9.17, 15) is 0 Å². The highest BCUT2D eigenvalue weighted by atomic mass is 16.3. The Bertz CT molecular complexity index is 3260. The summed E-state index contributed by atoms with van der Waals surface area (Å²) in [7, 11) is 0. The molecular weight excluding hydrogens is 673 g/mol. The lowest BCUT2D eigenvalue weighted by molar-refractivity contribution is 0.623. The van der Waals surface area contributed by atoms with Gasteiger partial charge in [-0.15, -0.1) is 0 Å². The maximum Gasteiger partial charge on any atom is 0.227 e. The summed E-state index contributed by atoms with van der Waals surface area (Å²) in [5, 5.41) is 8.82. The minimum atomic E-state index is 0.598. The summed E-state index contributed by atoms with van der Waals surface area (Å²) in [6, 6.07) is 62.9. The Morgan fingerprint density at radius 2 is 0.945 bits per heavy atom. The topological polar surface area (TPSA) is 64.7 Å². The molecule has 0 spiro atoms. The third-order valence-corrected chi connectivity index (χ3v) is 10.5. The molecule has 0 saturated heterocycles. The van der Waals surface area contributed by atoms with Crippen LogP contribution in [0.4, 0.5) is 0 Å². The molecule has 2 heterocycles. The monoisotopic (exact) mass is 702 g/mol. The van der Waals surface area contributed by atoms with Crippen LogP contribution in [0, 0.1) is 0 Å². The summed E-state index contributed by atoms with van der Waals surface area (Å²) < 4.78 is 6.64. The highest BCUT2D eigenvalue weighted by Crippen LogP contribution is 2.42. The molecule has 0 N–H and O–H groups in total. The Labute approximate surface area is 316 Å². The molecule has 0 saturated carbocycles. The number of hydrogen-bond acceptors (Lipinski definition) is 5. The number of fused-ring (bicyclic) bond motifs is 8. The van der Waals surface area contributed by atoms with Crippen molar-refractivity contribution >= 4 is 54.2 Å². The molecule has 0 atom stereocenters. The largest absolute Gasteiger partial charge is 0.435 e. The fourth-order valence-electron chi connectivity index (χ4n) is 7.82. The minimum Gasteiger partial charge on any atom is -0.435 e. The summed E-state index contributed by atoms with van der Waals surface area (Å²) in [5.74, 6) is 2.42. The van der Waals surface area contributed by atoms with E-state index >= 15 is 0 Å². The first-order valence-corrected chi connectivity index (χ1v) is 18.4. The molecule has 0 unspecified atom stereocenters. The van der Waals surface area contributed by atoms with E-state index in [2.05, 4.69) is 115 Å². The van der Waals surface area contributed by atoms with Gasteiger partial charge in [-0.25, -0.2) is 19.9 Å². The van der Waals surface area contributed by atoms with Crippen molar-refractivity contribution in [3.05, 3.63) is 182 Å². The van der Waals surface area contributed by atoms with E-state index in [1.54, 1.807) is 0 Å². The zero-order valence-electron chi connectivity index (χ0n) is 29.5. The number of nitrogens with zero attached hydrogens (tertiary/aromatic N) is 4. The number of aromatic nitrogens is 4. The van der Waals surface area contributed by atoms with Crippen LogP contribution in [-0.2, 0) is 0 Å². The third kappa shape index (κ3) is 5.33. The van der Waals surface area contributed by atoms with Crippen LogP contribution in [0.1, 0.15) is 0 Å². The van der Waals surface area contributed by atoms with Gasteiger partial charge in [0.25, 0.3) is 0 Å². The summed E-state index contributed by atoms with van der Waals surface area (Å²) in [5.41, 5.74) is 7.50. The maximum atomic E-state index is 6.64. The van der Waals surface area contributed by atoms with Gasteiger partial charge < -0.3 is 4.42 Å². The molecule has 0 aliphatic rings. The zero-order valence-corrected chi connectivity index (χ0v) is 29.5. The third-order valence-electron chi connectivity index (χ3n) is 10.5. The van der Waals surface area contributed by atoms with Crippen LogP contribution in [0.15, 0.2) is 186 Å². The number of benzene rings is 9. The molecule has 5 nitrogen and oxygen atoms in total. The quantitative estimate of drug-likeness (QED) is 0.167. The number of hydrogen-bond donors (Lipinski definition) is 0. The van der Waals surface area contributed by atoms with E-state index in [0.29, 0.717) is 23.4 Å². The standard InChI is InChI=1S/C50H30N4O/c1-3-13-33(14-4-1)47-52-48(39-20-11-19-36(29-39)37-23-22-31-12-7-8-17-35(31)28-37)54-49(53-47)42-30-38-18-9-10-21-40(38)45-41(42)26-24-32-25-27-43-46(44(32)45)55-50(51-43)34-15-5-2-6-16-34/h1-30H. The first kappa shape index (κ1) is 31.1. The molecule has 0 amide bonds. The predicted molar refractivity (Wildman–Crippen MR) is 225 cm³/mol. The molecule has 5 heteroatoms. The molecule has 0 aliphatic heterocycles. The molecule has 9 aromatic carbocycles. The molecular formula is C50H30N4O. The molecule has 256 valence electrons. The van der Waals surface area contributed by atoms with Gasteiger partial charge in [-0.2, -0.15) is 0 Å². The molecule has 11 aromatic rings. The second-order valence-electron chi connectivity index (χ2n) is 13.8. The van der Waals surface area contributed by atoms with Crippen molar-refractivity contribution in [1.82, 2.24) is 19.9 Å². The van der Waals surface area contributed by atoms with Crippen molar-refractivity contribution in [2.45, 2.75) is 0 Å². The van der Waals surface area contributed by atoms with Gasteiger partial charge in [0, 0.05) is 33.0 Å². The van der Waals surface area contributed by atoms with Gasteiger partial charge in [0.05, 0.1) is 0 Å². The number of rotatable bonds is 5. The Balaban J connectivity index is 1.16. The Kier molecular flexibility index (Phi) is 7.10. The van der Waals surface area contributed by atoms with Crippen LogP contribution in [0.5, 0.6) is 0 Å². The summed E-state index contributed by atoms with van der Waals surface area (Å²) in [6.07, 6.45) is 0. The van der Waals surface area contributed by atoms with Crippen LogP contribution in [0.25, 0.3) is 111 Å². The number of oxazole rings is 1. The minimum absolute atomic E-state index is 0.598. The maximum absolute atomic E-state index is 6.64. The van der Waals surface area contributed by atoms with Crippen molar-refractivity contribution in [2.75, 3.05) is 0 Å². The van der Waals surface area contributed by atoms with Crippen LogP contribution in [0.3, 0.4) is 0 Å². The Hall–Kier alpha value is -7.50. The summed E-state index contributed by atoms with van der Waals surface area (Å²) in [6.45, 7) is 0. The van der Waals surface area contributed by atoms with E-state index in [0.717, 1.165) is 76.8 Å². The fraction of sp³-hybridized carbons (Fsp3) is 0. The van der Waals surface area contributed by atoms with Gasteiger partial charge in [0.1, 0.15) is 5.52 Å². The van der Waals surface area contributed by atoms with Gasteiger partial charge in [-0.05, 0) is 79.8 Å². The molecule has 11 rings (SSSR count). The van der Waals surface area contributed by atoms with Gasteiger partial charge >= 0.3 is 0 Å². The smallest absolute Gasteiger partial charge is 0.227 e. The molecule has 0 aliphatic carbocycles. The van der Waals surface area contributed by atoms with Crippen molar-refractivity contribution in [1.29, 1.82) is 0 Å². The van der Waals surface area contributed by atoms with Crippen LogP contribution >= 0.6 is 0 Å². The van der Waals surface area contributed by atoms with Gasteiger partial charge in [-0.1, -0.05) is 146 Å². The van der Waals surface area contributed by atoms with E-state index in [-0.39, 0.29) is 0 Å². The Morgan fingerprint density at radius 1 is 0.327 bits per heavy atom. The molecule has 0 radical (unpaired) electrons. The highest BCUT2D eigenvalue weighted by Gasteiger charge is 2.20. The van der Waals surface area contributed by atoms with E-state index in [1.807, 2.05) is 66.7 Å². The second-order valence-corrected chi connectivity index (χ2v) is 13.8. The zero-order chi connectivity index (χ0) is 36.3. The van der Waals surface area contributed by atoms with Crippen molar-refractivity contribution in [3.8, 4) is 56.7 Å². The predicted octanol–water partition coefficient (Wildman–Crippen LogP) is 13.0. The molecule has 55 heavy (non-hydrogen) atoms. The molecule has 2 aromatic heterocycles. The lowest BCUT2D eigenvalue weighted by Gasteiger charge is -2.14. The Morgan fingerprint density at radius 3 is 1.78 bits per heavy atom. The first-order valence-electron chi connectivity index (χ1n) is 18.4. The van der Waals surface area contributed by atoms with E-state index in [1.165, 1.54) is 10.8 Å². The second kappa shape index (κ2) is 12.6. The summed E-state index contributed by atoms with van der Waals surface area (Å²) >= 11 is 0. The van der Waals surface area contributed by atoms with Crippen LogP contribution < -0.4 is 0 Å². The van der Waals surface area contributed by atoms with E-state index in [4.69, 9.17) is 24.4 Å². The van der Waals surface area contributed by atoms with Crippen molar-refractivity contribution in [3.63, 3.8) is 0 Å². The van der Waals surface area contributed by atoms with Crippen LogP contribution in [0.2, 0.25) is 0 Å². The lowest BCUT2D eigenvalue weighted by Crippen LogP contribution is -2.01. The highest BCUT2D eigenvalue weighted by molar-refractivity contribution is 6.28. The van der Waals surface area contributed by atoms with Crippen molar-refractivity contribution in [2.24, 2.45) is 0 Å². The van der Waals surface area contributed by atoms with Crippen molar-refractivity contribution < 1.29 is 4.42 Å².